The minimum absolute atomic E-state index is 0. The summed E-state index contributed by atoms with van der Waals surface area (Å²) in [6.45, 7) is 6.59. The average Bonchev–Trinajstić information content (AvgIpc) is 2.97. The third-order valence-electron chi connectivity index (χ3n) is 3.25. The van der Waals surface area contributed by atoms with E-state index >= 15 is 0 Å². The van der Waals surface area contributed by atoms with Gasteiger partial charge in [-0.1, -0.05) is 63.4 Å². The van der Waals surface area contributed by atoms with E-state index in [1.165, 1.54) is 5.56 Å². The molecule has 2 rings (SSSR count). The van der Waals surface area contributed by atoms with Crippen LogP contribution >= 0.6 is 0 Å². The van der Waals surface area contributed by atoms with E-state index in [1.807, 2.05) is 0 Å². The van der Waals surface area contributed by atoms with Crippen LogP contribution < -0.4 is 51.4 Å². The number of benzene rings is 1. The summed E-state index contributed by atoms with van der Waals surface area (Å²) in [5.41, 5.74) is 2.37. The molecule has 1 aliphatic carbocycles. The first-order valence-electron chi connectivity index (χ1n) is 5.48. The Morgan fingerprint density at radius 2 is 1.62 bits per heavy atom. The molecule has 0 radical (unpaired) electrons. The van der Waals surface area contributed by atoms with Gasteiger partial charge >= 0.3 is 51.4 Å². The minimum atomic E-state index is -0.254. The van der Waals surface area contributed by atoms with Gasteiger partial charge in [-0.05, 0) is 11.0 Å². The molecule has 0 aliphatic heterocycles. The summed E-state index contributed by atoms with van der Waals surface area (Å²) in [4.78, 5) is 10.8. The Labute approximate surface area is 140 Å². The molecule has 0 atom stereocenters. The van der Waals surface area contributed by atoms with E-state index < -0.39 is 0 Å². The van der Waals surface area contributed by atoms with Gasteiger partial charge in [0.15, 0.2) is 0 Å². The van der Waals surface area contributed by atoms with Crippen LogP contribution in [0, 0.1) is 0 Å². The van der Waals surface area contributed by atoms with E-state index in [1.54, 1.807) is 0 Å². The molecule has 0 amide bonds. The van der Waals surface area contributed by atoms with Gasteiger partial charge in [0.1, 0.15) is 0 Å². The van der Waals surface area contributed by atoms with E-state index in [0.29, 0.717) is 0 Å². The second-order valence-electron chi connectivity index (χ2n) is 5.51. The summed E-state index contributed by atoms with van der Waals surface area (Å²) in [6, 6.07) is 8.43. The molecule has 80 valence electrons. The molecule has 2 heteroatoms. The summed E-state index contributed by atoms with van der Waals surface area (Å²) in [5, 5.41) is 0. The molecule has 0 N–H and O–H groups in total. The van der Waals surface area contributed by atoms with Crippen LogP contribution in [0.15, 0.2) is 24.3 Å². The summed E-state index contributed by atoms with van der Waals surface area (Å²) in [7, 11) is 0. The summed E-state index contributed by atoms with van der Waals surface area (Å²) < 4.78 is 0. The SMILES string of the molecule is CC(C)(C)c1ccc(C2([C-]=O)CC2)cc1.[K+]. The molecule has 0 aromatic heterocycles. The van der Waals surface area contributed by atoms with Crippen molar-refractivity contribution < 1.29 is 56.2 Å². The molecule has 16 heavy (non-hydrogen) atoms. The monoisotopic (exact) mass is 240 g/mol. The first kappa shape index (κ1) is 14.6. The van der Waals surface area contributed by atoms with Crippen molar-refractivity contribution in [2.45, 2.75) is 44.4 Å². The molecule has 0 spiro atoms. The van der Waals surface area contributed by atoms with E-state index in [9.17, 15) is 4.79 Å². The summed E-state index contributed by atoms with van der Waals surface area (Å²) >= 11 is 0. The Morgan fingerprint density at radius 1 is 1.12 bits per heavy atom. The van der Waals surface area contributed by atoms with Crippen LogP contribution in [0.25, 0.3) is 0 Å². The topological polar surface area (TPSA) is 17.1 Å². The first-order valence-corrected chi connectivity index (χ1v) is 5.48. The predicted molar refractivity (Wildman–Crippen MR) is 61.7 cm³/mol. The van der Waals surface area contributed by atoms with Crippen LogP contribution in [0.5, 0.6) is 0 Å². The maximum Gasteiger partial charge on any atom is 1.00 e. The molecular weight excluding hydrogens is 223 g/mol. The Bertz CT molecular complexity index is 369. The Kier molecular flexibility index (Phi) is 4.58. The zero-order valence-corrected chi connectivity index (χ0v) is 13.8. The predicted octanol–water partition coefficient (Wildman–Crippen LogP) is 0.129. The maximum atomic E-state index is 10.8. The third-order valence-corrected chi connectivity index (χ3v) is 3.25. The van der Waals surface area contributed by atoms with Crippen molar-refractivity contribution in [1.82, 2.24) is 0 Å². The van der Waals surface area contributed by atoms with Gasteiger partial charge in [0.25, 0.3) is 0 Å². The van der Waals surface area contributed by atoms with Crippen molar-refractivity contribution in [3.05, 3.63) is 35.4 Å². The van der Waals surface area contributed by atoms with E-state index in [-0.39, 0.29) is 62.2 Å². The number of rotatable bonds is 2. The van der Waals surface area contributed by atoms with E-state index in [4.69, 9.17) is 0 Å². The van der Waals surface area contributed by atoms with Crippen LogP contribution in [0.2, 0.25) is 0 Å². The minimum Gasteiger partial charge on any atom is -0.541 e. The van der Waals surface area contributed by atoms with Crippen molar-refractivity contribution in [3.63, 3.8) is 0 Å². The summed E-state index contributed by atoms with van der Waals surface area (Å²) in [5.74, 6) is 0. The molecule has 1 aromatic carbocycles. The van der Waals surface area contributed by atoms with Gasteiger partial charge in [0.2, 0.25) is 0 Å². The van der Waals surface area contributed by atoms with Gasteiger partial charge in [-0.3, -0.25) is 6.29 Å². The van der Waals surface area contributed by atoms with Gasteiger partial charge in [-0.2, -0.15) is 0 Å². The van der Waals surface area contributed by atoms with Crippen molar-refractivity contribution in [1.29, 1.82) is 0 Å². The van der Waals surface area contributed by atoms with Crippen LogP contribution in [-0.2, 0) is 15.6 Å². The second kappa shape index (κ2) is 5.03. The molecular formula is C14H17KO. The second-order valence-corrected chi connectivity index (χ2v) is 5.51. The van der Waals surface area contributed by atoms with Crippen LogP contribution in [0.1, 0.15) is 44.7 Å². The fraction of sp³-hybridized carbons (Fsp3) is 0.500. The van der Waals surface area contributed by atoms with Gasteiger partial charge in [-0.15, -0.1) is 5.41 Å². The van der Waals surface area contributed by atoms with Crippen molar-refractivity contribution in [3.8, 4) is 0 Å². The first-order chi connectivity index (χ1) is 6.98. The fourth-order valence-electron chi connectivity index (χ4n) is 1.86. The van der Waals surface area contributed by atoms with Gasteiger partial charge < -0.3 is 4.79 Å². The van der Waals surface area contributed by atoms with Crippen molar-refractivity contribution >= 4 is 6.29 Å². The molecule has 1 fully saturated rings. The van der Waals surface area contributed by atoms with E-state index in [0.717, 1.165) is 18.4 Å². The quantitative estimate of drug-likeness (QED) is 0.530. The largest absolute Gasteiger partial charge is 1.00 e. The van der Waals surface area contributed by atoms with Crippen molar-refractivity contribution in [2.75, 3.05) is 0 Å². The van der Waals surface area contributed by atoms with Crippen LogP contribution in [0.4, 0.5) is 0 Å². The molecule has 0 unspecified atom stereocenters. The number of hydrogen-bond acceptors (Lipinski definition) is 1. The van der Waals surface area contributed by atoms with Gasteiger partial charge in [0.05, 0.1) is 0 Å². The normalized spacial score (nSPS) is 17.4. The average molecular weight is 240 g/mol. The smallest absolute Gasteiger partial charge is 0.541 e. The Hall–Kier alpha value is 0.526. The van der Waals surface area contributed by atoms with Gasteiger partial charge in [-0.25, -0.2) is 0 Å². The van der Waals surface area contributed by atoms with Gasteiger partial charge in [0, 0.05) is 0 Å². The molecule has 0 saturated heterocycles. The third kappa shape index (κ3) is 2.85. The molecule has 1 aromatic rings. The summed E-state index contributed by atoms with van der Waals surface area (Å²) in [6.07, 6.45) is 4.10. The standard InChI is InChI=1S/C14H17O.K/c1-13(2,3)11-4-6-12(7-5-11)14(10-15)8-9-14;/h4-7H,8-9H2,1-3H3;/q-1;+1. The molecule has 1 saturated carbocycles. The fourth-order valence-corrected chi connectivity index (χ4v) is 1.86. The Balaban J connectivity index is 0.00000128. The zero-order valence-electron chi connectivity index (χ0n) is 10.6. The maximum absolute atomic E-state index is 10.8. The van der Waals surface area contributed by atoms with Crippen LogP contribution in [0.3, 0.4) is 0 Å². The van der Waals surface area contributed by atoms with Crippen LogP contribution in [-0.4, -0.2) is 6.29 Å². The van der Waals surface area contributed by atoms with E-state index in [2.05, 4.69) is 51.3 Å². The molecule has 1 nitrogen and oxygen atoms in total. The molecule has 0 heterocycles. The molecule has 0 bridgehead atoms. The van der Waals surface area contributed by atoms with Crippen molar-refractivity contribution in [2.24, 2.45) is 0 Å². The Morgan fingerprint density at radius 3 is 1.94 bits per heavy atom. The number of hydrogen-bond donors (Lipinski definition) is 0. The zero-order chi connectivity index (χ0) is 11.1. The number of carbonyl (C=O) groups excluding carboxylic acids is 1. The molecule has 1 aliphatic rings.